The van der Waals surface area contributed by atoms with E-state index < -0.39 is 23.8 Å². The number of amides is 3. The molecule has 3 rings (SSSR count). The van der Waals surface area contributed by atoms with Crippen LogP contribution < -0.4 is 16.2 Å². The van der Waals surface area contributed by atoms with Crippen molar-refractivity contribution in [2.45, 2.75) is 18.9 Å². The van der Waals surface area contributed by atoms with Gasteiger partial charge in [0.25, 0.3) is 5.91 Å². The first-order chi connectivity index (χ1) is 13.3. The van der Waals surface area contributed by atoms with E-state index in [-0.39, 0.29) is 35.8 Å². The van der Waals surface area contributed by atoms with Gasteiger partial charge in [-0.25, -0.2) is 14.2 Å². The monoisotopic (exact) mass is 385 g/mol. The Kier molecular flexibility index (Phi) is 5.35. The summed E-state index contributed by atoms with van der Waals surface area (Å²) >= 11 is 0. The average Bonchev–Trinajstić information content (AvgIpc) is 2.68. The summed E-state index contributed by atoms with van der Waals surface area (Å²) < 4.78 is 18.2. The van der Waals surface area contributed by atoms with Crippen LogP contribution >= 0.6 is 0 Å². The van der Waals surface area contributed by atoms with E-state index in [9.17, 15) is 23.6 Å². The number of anilines is 1. The van der Waals surface area contributed by atoms with E-state index in [1.54, 1.807) is 0 Å². The van der Waals surface area contributed by atoms with Crippen molar-refractivity contribution in [3.8, 4) is 0 Å². The number of primary amides is 1. The number of nitrogens with one attached hydrogen (secondary N) is 1. The van der Waals surface area contributed by atoms with E-state index in [4.69, 9.17) is 10.5 Å². The molecule has 2 aromatic rings. The van der Waals surface area contributed by atoms with Crippen molar-refractivity contribution in [3.63, 3.8) is 0 Å². The minimum atomic E-state index is -1.38. The molecular weight excluding hydrogens is 369 g/mol. The molecule has 0 bridgehead atoms. The number of hydrogen-bond acceptors (Lipinski definition) is 5. The van der Waals surface area contributed by atoms with Gasteiger partial charge in [-0.1, -0.05) is 12.1 Å². The van der Waals surface area contributed by atoms with E-state index in [0.717, 1.165) is 17.1 Å². The molecule has 0 saturated carbocycles. The summed E-state index contributed by atoms with van der Waals surface area (Å²) in [5.41, 5.74) is 8.45. The van der Waals surface area contributed by atoms with Gasteiger partial charge in [0.1, 0.15) is 5.82 Å². The van der Waals surface area contributed by atoms with Crippen molar-refractivity contribution in [2.24, 2.45) is 5.73 Å². The lowest BCUT2D eigenvalue weighted by Gasteiger charge is -2.27. The predicted molar refractivity (Wildman–Crippen MR) is 95.1 cm³/mol. The number of rotatable bonds is 5. The normalized spacial score (nSPS) is 15.0. The highest BCUT2D eigenvalue weighted by molar-refractivity contribution is 6.01. The summed E-state index contributed by atoms with van der Waals surface area (Å²) in [5.74, 6) is -2.80. The van der Waals surface area contributed by atoms with Gasteiger partial charge in [-0.15, -0.1) is 0 Å². The number of carbonyl (C=O) groups excluding carboxylic acids is 4. The molecule has 1 atom stereocenters. The van der Waals surface area contributed by atoms with Crippen molar-refractivity contribution < 1.29 is 28.3 Å². The summed E-state index contributed by atoms with van der Waals surface area (Å²) in [6.07, 6.45) is -1.17. The quantitative estimate of drug-likeness (QED) is 0.754. The maximum absolute atomic E-state index is 13.0. The summed E-state index contributed by atoms with van der Waals surface area (Å²) in [5, 5.41) is 1.10. The number of nitrogens with two attached hydrogens (primary N) is 1. The van der Waals surface area contributed by atoms with Crippen LogP contribution in [0.3, 0.4) is 0 Å². The molecule has 9 heteroatoms. The maximum Gasteiger partial charge on any atom is 0.339 e. The predicted octanol–water partition coefficient (Wildman–Crippen LogP) is 1.37. The van der Waals surface area contributed by atoms with Gasteiger partial charge in [0, 0.05) is 18.4 Å². The van der Waals surface area contributed by atoms with Crippen LogP contribution in [0, 0.1) is 5.82 Å². The standard InChI is InChI=1S/C19H16FN3O5/c20-13-5-1-11(2-6-13)17(18(21)26)28-19(27)12-3-7-14(8-4-12)23-16(25)10-9-15(24)22-23/h1-8,17H,9-10H2,(H2,21,26)(H,22,24). The fraction of sp³-hybridized carbons (Fsp3) is 0.158. The maximum atomic E-state index is 13.0. The van der Waals surface area contributed by atoms with Crippen LogP contribution in [0.5, 0.6) is 0 Å². The fourth-order valence-electron chi connectivity index (χ4n) is 2.63. The highest BCUT2D eigenvalue weighted by atomic mass is 19.1. The molecule has 8 nitrogen and oxygen atoms in total. The first kappa shape index (κ1) is 19.0. The Morgan fingerprint density at radius 2 is 1.68 bits per heavy atom. The molecule has 0 radical (unpaired) electrons. The fourth-order valence-corrected chi connectivity index (χ4v) is 2.63. The molecule has 1 fully saturated rings. The smallest absolute Gasteiger partial charge is 0.339 e. The van der Waals surface area contributed by atoms with Gasteiger partial charge in [0.15, 0.2) is 0 Å². The minimum absolute atomic E-state index is 0.0909. The lowest BCUT2D eigenvalue weighted by Crippen LogP contribution is -2.50. The van der Waals surface area contributed by atoms with Gasteiger partial charge < -0.3 is 10.5 Å². The Balaban J connectivity index is 1.74. The Bertz CT molecular complexity index is 928. The zero-order valence-electron chi connectivity index (χ0n) is 14.6. The van der Waals surface area contributed by atoms with Crippen LogP contribution in [0.25, 0.3) is 0 Å². The SMILES string of the molecule is NC(=O)C(OC(=O)c1ccc(N2NC(=O)CCC2=O)cc1)c1ccc(F)cc1. The van der Waals surface area contributed by atoms with Gasteiger partial charge in [0.2, 0.25) is 17.9 Å². The number of hydrazine groups is 1. The molecule has 1 unspecified atom stereocenters. The molecule has 28 heavy (non-hydrogen) atoms. The highest BCUT2D eigenvalue weighted by Gasteiger charge is 2.26. The average molecular weight is 385 g/mol. The zero-order valence-corrected chi connectivity index (χ0v) is 14.6. The van der Waals surface area contributed by atoms with Crippen molar-refractivity contribution in [1.29, 1.82) is 0 Å². The minimum Gasteiger partial charge on any atom is -0.444 e. The Labute approximate surface area is 159 Å². The molecule has 1 heterocycles. The molecule has 1 aliphatic rings. The Morgan fingerprint density at radius 1 is 1.04 bits per heavy atom. The number of esters is 1. The van der Waals surface area contributed by atoms with E-state index in [2.05, 4.69) is 5.43 Å². The third-order valence-electron chi connectivity index (χ3n) is 4.07. The van der Waals surface area contributed by atoms with Crippen LogP contribution in [0.1, 0.15) is 34.9 Å². The van der Waals surface area contributed by atoms with E-state index in [1.165, 1.54) is 36.4 Å². The van der Waals surface area contributed by atoms with Gasteiger partial charge in [-0.05, 0) is 36.4 Å². The van der Waals surface area contributed by atoms with Gasteiger partial charge in [-0.2, -0.15) is 0 Å². The van der Waals surface area contributed by atoms with E-state index >= 15 is 0 Å². The topological polar surface area (TPSA) is 119 Å². The summed E-state index contributed by atoms with van der Waals surface area (Å²) in [6, 6.07) is 10.5. The molecule has 3 amide bonds. The summed E-state index contributed by atoms with van der Waals surface area (Å²) in [6.45, 7) is 0. The molecule has 0 aromatic heterocycles. The van der Waals surface area contributed by atoms with E-state index in [1.807, 2.05) is 0 Å². The van der Waals surface area contributed by atoms with Crippen LogP contribution in [-0.4, -0.2) is 23.7 Å². The Hall–Kier alpha value is -3.75. The van der Waals surface area contributed by atoms with Gasteiger partial charge >= 0.3 is 5.97 Å². The van der Waals surface area contributed by atoms with Crippen molar-refractivity contribution in [1.82, 2.24) is 5.43 Å². The first-order valence-corrected chi connectivity index (χ1v) is 8.33. The van der Waals surface area contributed by atoms with Crippen molar-refractivity contribution in [2.75, 3.05) is 5.01 Å². The second kappa shape index (κ2) is 7.87. The number of carbonyl (C=O) groups is 4. The van der Waals surface area contributed by atoms with Crippen LogP contribution in [0.2, 0.25) is 0 Å². The molecule has 0 spiro atoms. The second-order valence-electron chi connectivity index (χ2n) is 6.05. The largest absolute Gasteiger partial charge is 0.444 e. The summed E-state index contributed by atoms with van der Waals surface area (Å²) in [7, 11) is 0. The lowest BCUT2D eigenvalue weighted by atomic mass is 10.1. The number of halogens is 1. The van der Waals surface area contributed by atoms with Crippen LogP contribution in [-0.2, 0) is 19.1 Å². The van der Waals surface area contributed by atoms with Crippen molar-refractivity contribution >= 4 is 29.4 Å². The summed E-state index contributed by atoms with van der Waals surface area (Å²) in [4.78, 5) is 47.4. The molecule has 1 aliphatic heterocycles. The number of nitrogens with zero attached hydrogens (tertiary/aromatic N) is 1. The Morgan fingerprint density at radius 3 is 2.29 bits per heavy atom. The van der Waals surface area contributed by atoms with Crippen LogP contribution in [0.4, 0.5) is 10.1 Å². The molecule has 1 saturated heterocycles. The van der Waals surface area contributed by atoms with E-state index in [0.29, 0.717) is 5.69 Å². The second-order valence-corrected chi connectivity index (χ2v) is 6.05. The number of benzene rings is 2. The third kappa shape index (κ3) is 4.14. The highest BCUT2D eigenvalue weighted by Crippen LogP contribution is 2.22. The number of ether oxygens (including phenoxy) is 1. The van der Waals surface area contributed by atoms with Crippen molar-refractivity contribution in [3.05, 3.63) is 65.5 Å². The zero-order chi connectivity index (χ0) is 20.3. The molecular formula is C19H16FN3O5. The lowest BCUT2D eigenvalue weighted by molar-refractivity contribution is -0.130. The van der Waals surface area contributed by atoms with Crippen LogP contribution in [0.15, 0.2) is 48.5 Å². The third-order valence-corrected chi connectivity index (χ3v) is 4.07. The van der Waals surface area contributed by atoms with Gasteiger partial charge in [-0.3, -0.25) is 19.8 Å². The molecule has 0 aliphatic carbocycles. The molecule has 144 valence electrons. The van der Waals surface area contributed by atoms with Gasteiger partial charge in [0.05, 0.1) is 11.3 Å². The number of hydrogen-bond donors (Lipinski definition) is 2. The molecule has 3 N–H and O–H groups in total. The first-order valence-electron chi connectivity index (χ1n) is 8.33. The molecule has 2 aromatic carbocycles.